The summed E-state index contributed by atoms with van der Waals surface area (Å²) in [6.07, 6.45) is 2.28. The van der Waals surface area contributed by atoms with Gasteiger partial charge >= 0.3 is 5.97 Å². The molecular weight excluding hydrogens is 377 g/mol. The number of esters is 1. The number of halogens is 2. The van der Waals surface area contributed by atoms with Crippen LogP contribution in [0.2, 0.25) is 0 Å². The van der Waals surface area contributed by atoms with E-state index in [9.17, 15) is 14.0 Å². The fourth-order valence-corrected chi connectivity index (χ4v) is 2.46. The van der Waals surface area contributed by atoms with Crippen molar-refractivity contribution in [2.75, 3.05) is 7.11 Å². The molecular formula is C13H9BrFN3O3S. The van der Waals surface area contributed by atoms with E-state index in [0.717, 1.165) is 17.8 Å². The molecule has 1 fully saturated rings. The summed E-state index contributed by atoms with van der Waals surface area (Å²) >= 11 is 4.09. The zero-order chi connectivity index (χ0) is 16.1. The number of carbonyl (C=O) groups is 2. The second kappa shape index (κ2) is 7.32. The van der Waals surface area contributed by atoms with Crippen LogP contribution in [-0.2, 0) is 14.3 Å². The monoisotopic (exact) mass is 385 g/mol. The summed E-state index contributed by atoms with van der Waals surface area (Å²) in [4.78, 5) is 22.8. The number of methoxy groups -OCH3 is 1. The van der Waals surface area contributed by atoms with E-state index in [1.165, 1.54) is 25.5 Å². The fourth-order valence-electron chi connectivity index (χ4n) is 1.39. The van der Waals surface area contributed by atoms with Gasteiger partial charge in [-0.2, -0.15) is 5.10 Å². The lowest BCUT2D eigenvalue weighted by atomic mass is 10.2. The molecule has 1 aliphatic heterocycles. The summed E-state index contributed by atoms with van der Waals surface area (Å²) in [5.74, 6) is -1.56. The molecule has 1 aromatic carbocycles. The van der Waals surface area contributed by atoms with Crippen LogP contribution in [0.5, 0.6) is 0 Å². The molecule has 0 radical (unpaired) electrons. The second-order valence-corrected chi connectivity index (χ2v) is 5.85. The number of ether oxygens (including phenoxy) is 1. The molecule has 0 saturated carbocycles. The molecule has 22 heavy (non-hydrogen) atoms. The predicted octanol–water partition coefficient (Wildman–Crippen LogP) is 2.20. The molecule has 6 nitrogen and oxygen atoms in total. The average molecular weight is 386 g/mol. The number of amides is 1. The highest BCUT2D eigenvalue weighted by molar-refractivity contribution is 9.10. The van der Waals surface area contributed by atoms with Crippen LogP contribution in [-0.4, -0.2) is 30.4 Å². The van der Waals surface area contributed by atoms with E-state index in [0.29, 0.717) is 4.47 Å². The smallest absolute Gasteiger partial charge is 0.331 e. The Labute approximate surface area is 137 Å². The number of nitrogens with one attached hydrogen (secondary N) is 1. The third kappa shape index (κ3) is 4.25. The molecule has 0 aliphatic carbocycles. The van der Waals surface area contributed by atoms with Gasteiger partial charge in [0.2, 0.25) is 0 Å². The first-order valence-electron chi connectivity index (χ1n) is 5.84. The Morgan fingerprint density at radius 1 is 1.50 bits per heavy atom. The van der Waals surface area contributed by atoms with E-state index in [1.807, 2.05) is 0 Å². The number of amidine groups is 1. The van der Waals surface area contributed by atoms with E-state index < -0.39 is 17.7 Å². The lowest BCUT2D eigenvalue weighted by Gasteiger charge is -1.95. The SMILES string of the molecule is COC(=O)/C=C1/S/C(=N\N=Cc2ccc(Br)cc2F)NC1=O. The van der Waals surface area contributed by atoms with E-state index in [2.05, 4.69) is 36.2 Å². The zero-order valence-corrected chi connectivity index (χ0v) is 13.6. The van der Waals surface area contributed by atoms with Crippen molar-refractivity contribution in [3.63, 3.8) is 0 Å². The minimum atomic E-state index is -0.640. The number of rotatable bonds is 3. The second-order valence-electron chi connectivity index (χ2n) is 3.90. The Balaban J connectivity index is 2.08. The third-order valence-corrected chi connectivity index (χ3v) is 3.80. The molecule has 1 saturated heterocycles. The van der Waals surface area contributed by atoms with Crippen LogP contribution in [0.25, 0.3) is 0 Å². The molecule has 1 N–H and O–H groups in total. The zero-order valence-electron chi connectivity index (χ0n) is 11.2. The number of hydrogen-bond acceptors (Lipinski definition) is 6. The molecule has 9 heteroatoms. The molecule has 1 heterocycles. The predicted molar refractivity (Wildman–Crippen MR) is 85.0 cm³/mol. The molecule has 114 valence electrons. The van der Waals surface area contributed by atoms with Gasteiger partial charge in [-0.1, -0.05) is 15.9 Å². The first-order chi connectivity index (χ1) is 10.5. The Kier molecular flexibility index (Phi) is 5.45. The molecule has 1 amide bonds. The summed E-state index contributed by atoms with van der Waals surface area (Å²) in [6, 6.07) is 4.50. The summed E-state index contributed by atoms with van der Waals surface area (Å²) in [5.41, 5.74) is 0.257. The standard InChI is InChI=1S/C13H9BrFN3O3S/c1-21-11(19)5-10-12(20)17-13(22-10)18-16-6-7-2-3-8(14)4-9(7)15/h2-6H,1H3,(H,17,18,20)/b10-5+,16-6?. The van der Waals surface area contributed by atoms with Crippen molar-refractivity contribution >= 4 is 51.0 Å². The van der Waals surface area contributed by atoms with Gasteiger partial charge in [-0.05, 0) is 30.0 Å². The average Bonchev–Trinajstić information content (AvgIpc) is 2.81. The summed E-state index contributed by atoms with van der Waals surface area (Å²) in [6.45, 7) is 0. The van der Waals surface area contributed by atoms with Crippen molar-refractivity contribution in [2.24, 2.45) is 10.2 Å². The van der Waals surface area contributed by atoms with Crippen LogP contribution in [0.3, 0.4) is 0 Å². The molecule has 1 aromatic rings. The Hall–Kier alpha value is -2.00. The first-order valence-corrected chi connectivity index (χ1v) is 7.45. The van der Waals surface area contributed by atoms with E-state index in [1.54, 1.807) is 6.07 Å². The Morgan fingerprint density at radius 2 is 2.27 bits per heavy atom. The van der Waals surface area contributed by atoms with Crippen LogP contribution in [0.4, 0.5) is 4.39 Å². The molecule has 0 spiro atoms. The van der Waals surface area contributed by atoms with Crippen molar-refractivity contribution in [3.05, 3.63) is 45.0 Å². The van der Waals surface area contributed by atoms with E-state index >= 15 is 0 Å². The highest BCUT2D eigenvalue weighted by Crippen LogP contribution is 2.23. The minimum absolute atomic E-state index is 0.149. The van der Waals surface area contributed by atoms with Gasteiger partial charge < -0.3 is 4.74 Å². The van der Waals surface area contributed by atoms with Crippen LogP contribution < -0.4 is 5.32 Å². The van der Waals surface area contributed by atoms with Crippen LogP contribution in [0.15, 0.2) is 43.9 Å². The lowest BCUT2D eigenvalue weighted by molar-refractivity contribution is -0.135. The van der Waals surface area contributed by atoms with Gasteiger partial charge in [0.25, 0.3) is 5.91 Å². The van der Waals surface area contributed by atoms with E-state index in [-0.39, 0.29) is 15.6 Å². The summed E-state index contributed by atoms with van der Waals surface area (Å²) < 4.78 is 18.6. The minimum Gasteiger partial charge on any atom is -0.466 e. The van der Waals surface area contributed by atoms with Crippen molar-refractivity contribution in [3.8, 4) is 0 Å². The third-order valence-electron chi connectivity index (χ3n) is 2.41. The summed E-state index contributed by atoms with van der Waals surface area (Å²) in [7, 11) is 1.21. The molecule has 0 atom stereocenters. The van der Waals surface area contributed by atoms with Crippen LogP contribution in [0, 0.1) is 5.82 Å². The van der Waals surface area contributed by atoms with Gasteiger partial charge in [-0.25, -0.2) is 9.18 Å². The first kappa shape index (κ1) is 16.4. The lowest BCUT2D eigenvalue weighted by Crippen LogP contribution is -2.19. The largest absolute Gasteiger partial charge is 0.466 e. The van der Waals surface area contributed by atoms with Crippen molar-refractivity contribution in [2.45, 2.75) is 0 Å². The number of nitrogens with zero attached hydrogens (tertiary/aromatic N) is 2. The summed E-state index contributed by atoms with van der Waals surface area (Å²) in [5, 5.41) is 10.1. The highest BCUT2D eigenvalue weighted by atomic mass is 79.9. The van der Waals surface area contributed by atoms with Gasteiger partial charge in [0.15, 0.2) is 5.17 Å². The van der Waals surface area contributed by atoms with Gasteiger partial charge in [0.1, 0.15) is 5.82 Å². The Bertz CT molecular complexity index is 718. The van der Waals surface area contributed by atoms with Gasteiger partial charge in [0, 0.05) is 16.1 Å². The van der Waals surface area contributed by atoms with Gasteiger partial charge in [-0.3, -0.25) is 10.1 Å². The fraction of sp³-hybridized carbons (Fsp3) is 0.0769. The molecule has 2 rings (SSSR count). The van der Waals surface area contributed by atoms with Crippen molar-refractivity contribution in [1.29, 1.82) is 0 Å². The van der Waals surface area contributed by atoms with Crippen LogP contribution in [0.1, 0.15) is 5.56 Å². The Morgan fingerprint density at radius 3 is 2.95 bits per heavy atom. The maximum atomic E-state index is 13.6. The van der Waals surface area contributed by atoms with Gasteiger partial charge in [0.05, 0.1) is 18.2 Å². The number of hydrogen-bond donors (Lipinski definition) is 1. The number of benzene rings is 1. The molecule has 0 unspecified atom stereocenters. The van der Waals surface area contributed by atoms with Crippen molar-refractivity contribution < 1.29 is 18.7 Å². The van der Waals surface area contributed by atoms with Gasteiger partial charge in [-0.15, -0.1) is 5.10 Å². The maximum Gasteiger partial charge on any atom is 0.331 e. The number of thioether (sulfide) groups is 1. The van der Waals surface area contributed by atoms with Crippen LogP contribution >= 0.6 is 27.7 Å². The molecule has 0 aromatic heterocycles. The topological polar surface area (TPSA) is 80.1 Å². The highest BCUT2D eigenvalue weighted by Gasteiger charge is 2.24. The maximum absolute atomic E-state index is 13.6. The van der Waals surface area contributed by atoms with Crippen molar-refractivity contribution in [1.82, 2.24) is 5.32 Å². The van der Waals surface area contributed by atoms with E-state index in [4.69, 9.17) is 0 Å². The molecule has 1 aliphatic rings. The normalized spacial score (nSPS) is 18.2. The number of carbonyl (C=O) groups excluding carboxylic acids is 2. The quantitative estimate of drug-likeness (QED) is 0.374. The molecule has 0 bridgehead atoms.